The summed E-state index contributed by atoms with van der Waals surface area (Å²) in [6, 6.07) is 32.9. The molecule has 6 aromatic rings. The Bertz CT molecular complexity index is 1670. The van der Waals surface area contributed by atoms with Crippen LogP contribution in [0.15, 0.2) is 103 Å². The maximum atomic E-state index is 9.00. The fourth-order valence-electron chi connectivity index (χ4n) is 4.48. The van der Waals surface area contributed by atoms with Crippen LogP contribution >= 0.6 is 11.6 Å². The number of halogens is 1. The van der Waals surface area contributed by atoms with E-state index in [2.05, 4.69) is 65.6 Å². The molecule has 0 aliphatic rings. The zero-order valence-corrected chi connectivity index (χ0v) is 18.6. The predicted octanol–water partition coefficient (Wildman–Crippen LogP) is 6.76. The fraction of sp³-hybridized carbons (Fsp3) is 0.0357. The van der Waals surface area contributed by atoms with E-state index in [0.717, 1.165) is 38.9 Å². The van der Waals surface area contributed by atoms with Crippen LogP contribution in [0.25, 0.3) is 38.8 Å². The Balaban J connectivity index is 1.44. The van der Waals surface area contributed by atoms with Crippen molar-refractivity contribution < 1.29 is 0 Å². The summed E-state index contributed by atoms with van der Waals surface area (Å²) in [4.78, 5) is 3.28. The van der Waals surface area contributed by atoms with Crippen molar-refractivity contribution in [2.75, 3.05) is 0 Å². The van der Waals surface area contributed by atoms with E-state index in [1.807, 2.05) is 51.7 Å². The molecule has 0 saturated carbocycles. The van der Waals surface area contributed by atoms with Crippen LogP contribution < -0.4 is 5.62 Å². The van der Waals surface area contributed by atoms with Gasteiger partial charge in [0.2, 0.25) is 5.62 Å². The van der Waals surface area contributed by atoms with Gasteiger partial charge in [-0.1, -0.05) is 66.2 Å². The molecule has 160 valence electrons. The number of fused-ring (bicyclic) bond motifs is 2. The lowest BCUT2D eigenvalue weighted by molar-refractivity contribution is 0.724. The number of nitrogens with zero attached hydrogens (tertiary/aromatic N) is 2. The van der Waals surface area contributed by atoms with Crippen LogP contribution in [0, 0.1) is 5.41 Å². The maximum Gasteiger partial charge on any atom is 0.208 e. The number of benzene rings is 4. The van der Waals surface area contributed by atoms with Gasteiger partial charge in [0.05, 0.1) is 17.6 Å². The number of hydrogen-bond donors (Lipinski definition) is 2. The van der Waals surface area contributed by atoms with Crippen molar-refractivity contribution in [3.8, 4) is 16.8 Å². The number of imidazole rings is 1. The predicted molar refractivity (Wildman–Crippen MR) is 135 cm³/mol. The number of para-hydroxylation sites is 2. The molecule has 4 aromatic carbocycles. The average Bonchev–Trinajstić information content (AvgIpc) is 3.43. The summed E-state index contributed by atoms with van der Waals surface area (Å²) in [5.74, 6) is 0. The van der Waals surface area contributed by atoms with E-state index in [1.54, 1.807) is 0 Å². The van der Waals surface area contributed by atoms with Crippen LogP contribution in [-0.4, -0.2) is 14.1 Å². The topological polar surface area (TPSA) is 49.5 Å². The molecule has 2 aromatic heterocycles. The summed E-state index contributed by atoms with van der Waals surface area (Å²) in [6.45, 7) is 0.542. The second-order valence-corrected chi connectivity index (χ2v) is 8.56. The number of nitrogens with one attached hydrogen (secondary N) is 2. The Labute approximate surface area is 195 Å². The van der Waals surface area contributed by atoms with Gasteiger partial charge in [0, 0.05) is 22.4 Å². The maximum absolute atomic E-state index is 9.00. The van der Waals surface area contributed by atoms with Gasteiger partial charge in [0.25, 0.3) is 0 Å². The van der Waals surface area contributed by atoms with Crippen molar-refractivity contribution in [2.45, 2.75) is 6.54 Å². The highest BCUT2D eigenvalue weighted by molar-refractivity contribution is 6.31. The summed E-state index contributed by atoms with van der Waals surface area (Å²) in [5.41, 5.74) is 7.79. The first kappa shape index (κ1) is 19.6. The van der Waals surface area contributed by atoms with E-state index in [4.69, 9.17) is 17.0 Å². The summed E-state index contributed by atoms with van der Waals surface area (Å²) in [5, 5.41) is 10.9. The number of aromatic amines is 1. The zero-order valence-electron chi connectivity index (χ0n) is 17.8. The van der Waals surface area contributed by atoms with E-state index in [9.17, 15) is 0 Å². The molecule has 4 nitrogen and oxygen atoms in total. The third-order valence-electron chi connectivity index (χ3n) is 6.18. The van der Waals surface area contributed by atoms with Gasteiger partial charge >= 0.3 is 0 Å². The molecule has 0 spiro atoms. The molecule has 0 unspecified atom stereocenters. The first-order valence-corrected chi connectivity index (χ1v) is 11.2. The molecule has 0 bridgehead atoms. The van der Waals surface area contributed by atoms with Crippen LogP contribution in [-0.2, 0) is 6.54 Å². The molecule has 0 atom stereocenters. The van der Waals surface area contributed by atoms with Gasteiger partial charge in [0.1, 0.15) is 0 Å². The van der Waals surface area contributed by atoms with Crippen molar-refractivity contribution in [1.29, 1.82) is 5.41 Å². The summed E-state index contributed by atoms with van der Waals surface area (Å²) in [7, 11) is 0. The number of H-pyrrole nitrogens is 1. The van der Waals surface area contributed by atoms with Gasteiger partial charge in [-0.25, -0.2) is 0 Å². The highest BCUT2D eigenvalue weighted by atomic mass is 35.5. The van der Waals surface area contributed by atoms with Crippen molar-refractivity contribution in [3.05, 3.63) is 119 Å². The number of aromatic nitrogens is 3. The lowest BCUT2D eigenvalue weighted by atomic mass is 10.0. The average molecular weight is 449 g/mol. The lowest BCUT2D eigenvalue weighted by Crippen LogP contribution is -2.24. The molecule has 6 rings (SSSR count). The fourth-order valence-corrected chi connectivity index (χ4v) is 4.67. The minimum absolute atomic E-state index is 0.414. The largest absolute Gasteiger partial charge is 0.361 e. The highest BCUT2D eigenvalue weighted by Crippen LogP contribution is 2.26. The van der Waals surface area contributed by atoms with Crippen molar-refractivity contribution >= 4 is 33.5 Å². The Morgan fingerprint density at radius 2 is 1.48 bits per heavy atom. The molecular weight excluding hydrogens is 428 g/mol. The van der Waals surface area contributed by atoms with Gasteiger partial charge in [-0.3, -0.25) is 9.98 Å². The van der Waals surface area contributed by atoms with Gasteiger partial charge in [0.15, 0.2) is 0 Å². The van der Waals surface area contributed by atoms with Crippen LogP contribution in [0.2, 0.25) is 5.02 Å². The van der Waals surface area contributed by atoms with Gasteiger partial charge in [-0.15, -0.1) is 0 Å². The Morgan fingerprint density at radius 3 is 2.30 bits per heavy atom. The van der Waals surface area contributed by atoms with E-state index in [-0.39, 0.29) is 0 Å². The first-order valence-electron chi connectivity index (χ1n) is 10.9. The molecule has 2 heterocycles. The molecular formula is C28H21ClN4. The third kappa shape index (κ3) is 3.36. The molecule has 0 saturated heterocycles. The van der Waals surface area contributed by atoms with Crippen molar-refractivity contribution in [2.24, 2.45) is 0 Å². The monoisotopic (exact) mass is 448 g/mol. The molecule has 33 heavy (non-hydrogen) atoms. The Hall–Kier alpha value is -4.02. The van der Waals surface area contributed by atoms with Gasteiger partial charge < -0.3 is 9.55 Å². The van der Waals surface area contributed by atoms with Crippen LogP contribution in [0.5, 0.6) is 0 Å². The minimum atomic E-state index is 0.414. The Kier molecular flexibility index (Phi) is 4.67. The van der Waals surface area contributed by atoms with Crippen molar-refractivity contribution in [3.63, 3.8) is 0 Å². The summed E-state index contributed by atoms with van der Waals surface area (Å²) in [6.07, 6.45) is 1.96. The molecule has 0 amide bonds. The molecule has 0 radical (unpaired) electrons. The Morgan fingerprint density at radius 1 is 0.758 bits per heavy atom. The standard InChI is InChI=1S/C28H21ClN4/c29-24-6-2-1-5-22(24)18-32-26-7-3-4-8-27(26)33(28(32)30)23-13-11-19(12-14-23)21-10-9-20-15-16-31-25(20)17-21/h1-17,30-31H,18H2. The molecule has 2 N–H and O–H groups in total. The summed E-state index contributed by atoms with van der Waals surface area (Å²) < 4.78 is 3.99. The smallest absolute Gasteiger partial charge is 0.208 e. The number of rotatable bonds is 4. The first-order chi connectivity index (χ1) is 16.2. The second kappa shape index (κ2) is 7.84. The van der Waals surface area contributed by atoms with Gasteiger partial charge in [-0.2, -0.15) is 0 Å². The third-order valence-corrected chi connectivity index (χ3v) is 6.55. The van der Waals surface area contributed by atoms with E-state index in [0.29, 0.717) is 17.2 Å². The van der Waals surface area contributed by atoms with Gasteiger partial charge in [-0.05, 0) is 64.5 Å². The van der Waals surface area contributed by atoms with Crippen LogP contribution in [0.1, 0.15) is 5.56 Å². The summed E-state index contributed by atoms with van der Waals surface area (Å²) >= 11 is 6.42. The SMILES string of the molecule is N=c1n(Cc2ccccc2Cl)c2ccccc2n1-c1ccc(-c2ccc3cc[nH]c3c2)cc1. The minimum Gasteiger partial charge on any atom is -0.361 e. The second-order valence-electron chi connectivity index (χ2n) is 8.15. The molecule has 0 aliphatic heterocycles. The molecule has 5 heteroatoms. The van der Waals surface area contributed by atoms with E-state index in [1.165, 1.54) is 5.39 Å². The van der Waals surface area contributed by atoms with Crippen LogP contribution in [0.4, 0.5) is 0 Å². The molecule has 0 aliphatic carbocycles. The van der Waals surface area contributed by atoms with Crippen molar-refractivity contribution in [1.82, 2.24) is 14.1 Å². The normalized spacial score (nSPS) is 11.4. The van der Waals surface area contributed by atoms with E-state index < -0.39 is 0 Å². The van der Waals surface area contributed by atoms with E-state index >= 15 is 0 Å². The zero-order chi connectivity index (χ0) is 22.4. The number of hydrogen-bond acceptors (Lipinski definition) is 1. The molecule has 0 fully saturated rings. The lowest BCUT2D eigenvalue weighted by Gasteiger charge is -2.08. The quantitative estimate of drug-likeness (QED) is 0.299. The van der Waals surface area contributed by atoms with Crippen LogP contribution in [0.3, 0.4) is 0 Å². The highest BCUT2D eigenvalue weighted by Gasteiger charge is 2.13.